The number of phenolic OH excluding ortho intramolecular Hbond substituents is 1. The van der Waals surface area contributed by atoms with E-state index < -0.39 is 5.91 Å². The van der Waals surface area contributed by atoms with Gasteiger partial charge in [-0.05, 0) is 53.0 Å². The Labute approximate surface area is 166 Å². The second kappa shape index (κ2) is 8.95. The Hall–Kier alpha value is -3.76. The molecule has 0 bridgehead atoms. The Kier molecular flexibility index (Phi) is 6.17. The molecule has 0 atom stereocenters. The van der Waals surface area contributed by atoms with Gasteiger partial charge in [-0.15, -0.1) is 5.10 Å². The van der Waals surface area contributed by atoms with Crippen molar-refractivity contribution in [3.8, 4) is 11.6 Å². The lowest BCUT2D eigenvalue weighted by Gasteiger charge is -2.07. The molecule has 0 aliphatic carbocycles. The van der Waals surface area contributed by atoms with Gasteiger partial charge in [0.05, 0.1) is 11.4 Å². The highest BCUT2D eigenvalue weighted by Gasteiger charge is 2.23. The van der Waals surface area contributed by atoms with Gasteiger partial charge in [-0.2, -0.15) is 9.78 Å². The molecule has 0 saturated carbocycles. The predicted molar refractivity (Wildman–Crippen MR) is 105 cm³/mol. The average molecular weight is 398 g/mol. The maximum Gasteiger partial charge on any atom is 0.293 e. The van der Waals surface area contributed by atoms with E-state index in [-0.39, 0.29) is 23.1 Å². The number of amides is 1. The molecule has 0 radical (unpaired) electrons. The number of aromatic nitrogens is 5. The fourth-order valence-electron chi connectivity index (χ4n) is 2.77. The minimum Gasteiger partial charge on any atom is -0.508 e. The fourth-order valence-corrected chi connectivity index (χ4v) is 2.77. The van der Waals surface area contributed by atoms with Gasteiger partial charge in [0, 0.05) is 0 Å². The van der Waals surface area contributed by atoms with Gasteiger partial charge in [0.15, 0.2) is 5.69 Å². The van der Waals surface area contributed by atoms with Crippen LogP contribution in [0.1, 0.15) is 54.9 Å². The average Bonchev–Trinajstić information content (AvgIpc) is 3.32. The number of rotatable bonds is 8. The second-order valence-electron chi connectivity index (χ2n) is 6.32. The van der Waals surface area contributed by atoms with E-state index in [9.17, 15) is 9.90 Å². The van der Waals surface area contributed by atoms with Crippen LogP contribution in [0.3, 0.4) is 0 Å². The zero-order valence-electron chi connectivity index (χ0n) is 16.2. The Morgan fingerprint density at radius 2 is 2.00 bits per heavy atom. The summed E-state index contributed by atoms with van der Waals surface area (Å²) in [5, 5.41) is 28.9. The molecule has 0 spiro atoms. The number of carbonyl (C=O) groups excluding carboxylic acids is 1. The molecule has 0 aliphatic rings. The molecule has 2 aromatic heterocycles. The minimum absolute atomic E-state index is 0.0507. The van der Waals surface area contributed by atoms with Crippen molar-refractivity contribution in [1.29, 1.82) is 0 Å². The van der Waals surface area contributed by atoms with Crippen molar-refractivity contribution in [1.82, 2.24) is 30.7 Å². The number of aromatic hydroxyl groups is 1. The van der Waals surface area contributed by atoms with Crippen LogP contribution < -0.4 is 11.2 Å². The molecule has 0 fully saturated rings. The minimum atomic E-state index is -0.498. The van der Waals surface area contributed by atoms with Crippen LogP contribution in [0.15, 0.2) is 34.0 Å². The highest BCUT2D eigenvalue weighted by atomic mass is 16.6. The third kappa shape index (κ3) is 4.39. The van der Waals surface area contributed by atoms with Crippen LogP contribution >= 0.6 is 0 Å². The summed E-state index contributed by atoms with van der Waals surface area (Å²) in [7, 11) is 0. The summed E-state index contributed by atoms with van der Waals surface area (Å²) in [4.78, 5) is 12.7. The molecule has 3 rings (SSSR count). The van der Waals surface area contributed by atoms with Crippen LogP contribution in [-0.2, 0) is 6.42 Å². The van der Waals surface area contributed by atoms with Crippen LogP contribution in [0.5, 0.6) is 5.75 Å². The second-order valence-corrected chi connectivity index (χ2v) is 6.32. The number of anilines is 1. The van der Waals surface area contributed by atoms with Gasteiger partial charge in [-0.25, -0.2) is 10.1 Å². The van der Waals surface area contributed by atoms with E-state index in [2.05, 4.69) is 35.8 Å². The third-order valence-corrected chi connectivity index (χ3v) is 4.14. The molecule has 0 unspecified atom stereocenters. The summed E-state index contributed by atoms with van der Waals surface area (Å²) >= 11 is 0. The summed E-state index contributed by atoms with van der Waals surface area (Å²) in [5.74, 6) is -0.104. The van der Waals surface area contributed by atoms with Crippen molar-refractivity contribution in [3.63, 3.8) is 0 Å². The van der Waals surface area contributed by atoms with Crippen molar-refractivity contribution in [2.24, 2.45) is 5.10 Å². The van der Waals surface area contributed by atoms with Crippen LogP contribution in [0.2, 0.25) is 0 Å². The van der Waals surface area contributed by atoms with Crippen molar-refractivity contribution in [3.05, 3.63) is 41.2 Å². The monoisotopic (exact) mass is 398 g/mol. The highest BCUT2D eigenvalue weighted by Crippen LogP contribution is 2.17. The Bertz CT molecular complexity index is 1010. The number of nitrogens with zero attached hydrogens (tertiary/aromatic N) is 6. The van der Waals surface area contributed by atoms with E-state index in [4.69, 9.17) is 5.73 Å². The van der Waals surface area contributed by atoms with E-state index in [0.29, 0.717) is 24.2 Å². The molecule has 3 aromatic rings. The van der Waals surface area contributed by atoms with E-state index in [1.165, 1.54) is 4.68 Å². The van der Waals surface area contributed by atoms with Gasteiger partial charge in [0.25, 0.3) is 5.91 Å². The number of nitrogens with one attached hydrogen (secondary N) is 1. The van der Waals surface area contributed by atoms with Crippen molar-refractivity contribution < 1.29 is 14.5 Å². The van der Waals surface area contributed by atoms with E-state index in [0.717, 1.165) is 18.4 Å². The predicted octanol–water partition coefficient (Wildman–Crippen LogP) is 1.82. The van der Waals surface area contributed by atoms with Gasteiger partial charge < -0.3 is 10.8 Å². The summed E-state index contributed by atoms with van der Waals surface area (Å²) in [6.45, 7) is 3.98. The summed E-state index contributed by atoms with van der Waals surface area (Å²) in [5.41, 5.74) is 10.4. The van der Waals surface area contributed by atoms with Gasteiger partial charge >= 0.3 is 0 Å². The number of hydrogen-bond acceptors (Lipinski definition) is 9. The Balaban J connectivity index is 1.87. The van der Waals surface area contributed by atoms with E-state index in [1.807, 2.05) is 13.8 Å². The molecule has 0 saturated heterocycles. The first kappa shape index (κ1) is 20.0. The number of carbonyl (C=O) groups is 1. The maximum absolute atomic E-state index is 12.7. The first-order valence-electron chi connectivity index (χ1n) is 9.24. The Morgan fingerprint density at radius 1 is 1.24 bits per heavy atom. The quantitative estimate of drug-likeness (QED) is 0.383. The van der Waals surface area contributed by atoms with Crippen LogP contribution in [0.25, 0.3) is 5.82 Å². The zero-order valence-corrected chi connectivity index (χ0v) is 16.2. The number of nitrogens with two attached hydrogens (primary N) is 1. The third-order valence-electron chi connectivity index (χ3n) is 4.14. The smallest absolute Gasteiger partial charge is 0.293 e. The first-order chi connectivity index (χ1) is 14.0. The number of hydrazone groups is 1. The lowest BCUT2D eigenvalue weighted by molar-refractivity contribution is 0.0948. The van der Waals surface area contributed by atoms with Crippen molar-refractivity contribution in [2.75, 3.05) is 5.73 Å². The molecular weight excluding hydrogens is 376 g/mol. The molecule has 4 N–H and O–H groups in total. The summed E-state index contributed by atoms with van der Waals surface area (Å²) in [6.07, 6.45) is 2.76. The molecule has 0 aliphatic heterocycles. The van der Waals surface area contributed by atoms with Crippen LogP contribution in [0.4, 0.5) is 5.82 Å². The van der Waals surface area contributed by atoms with Gasteiger partial charge in [-0.3, -0.25) is 4.79 Å². The summed E-state index contributed by atoms with van der Waals surface area (Å²) in [6, 6.07) is 6.64. The normalized spacial score (nSPS) is 11.6. The SMILES string of the molecule is CCCC(=NNC(=O)c1nnn(-c2nonc2N)c1CCC)c1ccc(O)cc1. The van der Waals surface area contributed by atoms with E-state index in [1.54, 1.807) is 24.3 Å². The topological polar surface area (TPSA) is 157 Å². The van der Waals surface area contributed by atoms with Crippen molar-refractivity contribution in [2.45, 2.75) is 39.5 Å². The number of phenols is 1. The van der Waals surface area contributed by atoms with Gasteiger partial charge in [0.1, 0.15) is 5.75 Å². The molecule has 29 heavy (non-hydrogen) atoms. The Morgan fingerprint density at radius 3 is 2.62 bits per heavy atom. The lowest BCUT2D eigenvalue weighted by Crippen LogP contribution is -2.22. The molecule has 11 heteroatoms. The number of benzene rings is 1. The largest absolute Gasteiger partial charge is 0.508 e. The first-order valence-corrected chi connectivity index (χ1v) is 9.24. The van der Waals surface area contributed by atoms with E-state index >= 15 is 0 Å². The van der Waals surface area contributed by atoms with Gasteiger partial charge in [-0.1, -0.05) is 31.9 Å². The van der Waals surface area contributed by atoms with Gasteiger partial charge in [0.2, 0.25) is 11.6 Å². The molecule has 1 aromatic carbocycles. The molecule has 152 valence electrons. The van der Waals surface area contributed by atoms with Crippen LogP contribution in [0, 0.1) is 0 Å². The maximum atomic E-state index is 12.7. The molecular formula is C18H22N8O3. The number of nitrogen functional groups attached to an aromatic ring is 1. The van der Waals surface area contributed by atoms with Crippen LogP contribution in [-0.4, -0.2) is 42.0 Å². The molecule has 1 amide bonds. The highest BCUT2D eigenvalue weighted by molar-refractivity contribution is 6.02. The number of hydrogen-bond donors (Lipinski definition) is 3. The van der Waals surface area contributed by atoms with Crippen molar-refractivity contribution >= 4 is 17.4 Å². The molecule has 2 heterocycles. The standard InChI is InChI=1S/C18H22N8O3/c1-3-5-13(11-7-9-12(27)10-8-11)20-22-18(28)15-14(6-4-2)26(25-21-15)17-16(19)23-29-24-17/h7-10,27H,3-6H2,1-2H3,(H2,19,23)(H,22,28). The summed E-state index contributed by atoms with van der Waals surface area (Å²) < 4.78 is 5.96. The molecule has 11 nitrogen and oxygen atoms in total. The fraction of sp³-hybridized carbons (Fsp3) is 0.333. The lowest BCUT2D eigenvalue weighted by atomic mass is 10.1. The zero-order chi connectivity index (χ0) is 20.8.